The van der Waals surface area contributed by atoms with Crippen LogP contribution in [0.15, 0.2) is 6.33 Å². The predicted octanol–water partition coefficient (Wildman–Crippen LogP) is 0.550. The lowest BCUT2D eigenvalue weighted by Gasteiger charge is -2.23. The zero-order chi connectivity index (χ0) is 15.1. The van der Waals surface area contributed by atoms with Crippen LogP contribution in [-0.2, 0) is 17.9 Å². The summed E-state index contributed by atoms with van der Waals surface area (Å²) in [5.41, 5.74) is 0. The molecule has 0 saturated carbocycles. The maximum atomic E-state index is 12.0. The number of carboxylic acid groups (broad SMARTS) is 1. The third kappa shape index (κ3) is 4.22. The van der Waals surface area contributed by atoms with Crippen molar-refractivity contribution in [3.05, 3.63) is 12.2 Å². The Labute approximate surface area is 117 Å². The van der Waals surface area contributed by atoms with Gasteiger partial charge in [-0.2, -0.15) is 0 Å². The van der Waals surface area contributed by atoms with Crippen molar-refractivity contribution >= 4 is 12.0 Å². The van der Waals surface area contributed by atoms with E-state index < -0.39 is 11.9 Å². The van der Waals surface area contributed by atoms with Gasteiger partial charge in [0.15, 0.2) is 5.82 Å². The van der Waals surface area contributed by atoms with Crippen molar-refractivity contribution in [3.8, 4) is 0 Å². The number of nitrogens with zero attached hydrogens (tertiary/aromatic N) is 4. The molecule has 1 atom stereocenters. The molecular weight excluding hydrogens is 262 g/mol. The van der Waals surface area contributed by atoms with Crippen LogP contribution in [0.4, 0.5) is 4.79 Å². The van der Waals surface area contributed by atoms with Crippen LogP contribution in [0.25, 0.3) is 0 Å². The zero-order valence-corrected chi connectivity index (χ0v) is 12.0. The van der Waals surface area contributed by atoms with Crippen LogP contribution >= 0.6 is 0 Å². The molecule has 2 amide bonds. The number of carboxylic acids is 1. The van der Waals surface area contributed by atoms with E-state index in [1.165, 1.54) is 4.90 Å². The van der Waals surface area contributed by atoms with Gasteiger partial charge in [-0.25, -0.2) is 4.79 Å². The van der Waals surface area contributed by atoms with Crippen LogP contribution in [0.5, 0.6) is 0 Å². The van der Waals surface area contributed by atoms with Crippen LogP contribution in [-0.4, -0.2) is 49.9 Å². The molecule has 1 heterocycles. The first-order valence-corrected chi connectivity index (χ1v) is 6.61. The maximum absolute atomic E-state index is 12.0. The molecule has 8 heteroatoms. The second-order valence-corrected chi connectivity index (χ2v) is 4.47. The monoisotopic (exact) mass is 283 g/mol. The lowest BCUT2D eigenvalue weighted by atomic mass is 10.2. The van der Waals surface area contributed by atoms with Gasteiger partial charge in [0.25, 0.3) is 0 Å². The van der Waals surface area contributed by atoms with Crippen molar-refractivity contribution in [2.75, 3.05) is 13.1 Å². The Bertz CT molecular complexity index is 460. The lowest BCUT2D eigenvalue weighted by Crippen LogP contribution is -2.43. The van der Waals surface area contributed by atoms with E-state index in [1.807, 2.05) is 18.4 Å². The molecule has 20 heavy (non-hydrogen) atoms. The van der Waals surface area contributed by atoms with Crippen LogP contribution in [0.1, 0.15) is 26.6 Å². The Morgan fingerprint density at radius 2 is 2.20 bits per heavy atom. The highest BCUT2D eigenvalue weighted by Crippen LogP contribution is 2.01. The van der Waals surface area contributed by atoms with Crippen molar-refractivity contribution < 1.29 is 14.7 Å². The van der Waals surface area contributed by atoms with E-state index >= 15 is 0 Å². The van der Waals surface area contributed by atoms with Crippen molar-refractivity contribution in [1.82, 2.24) is 25.0 Å². The molecule has 0 bridgehead atoms. The Hall–Kier alpha value is -2.12. The molecule has 1 unspecified atom stereocenters. The van der Waals surface area contributed by atoms with Crippen LogP contribution in [0.2, 0.25) is 0 Å². The number of aromatic nitrogens is 3. The molecule has 112 valence electrons. The summed E-state index contributed by atoms with van der Waals surface area (Å²) in [6.07, 6.45) is 1.60. The van der Waals surface area contributed by atoms with Crippen molar-refractivity contribution in [3.63, 3.8) is 0 Å². The first kappa shape index (κ1) is 15.9. The number of aryl methyl sites for hydroxylation is 1. The van der Waals surface area contributed by atoms with Crippen LogP contribution < -0.4 is 5.32 Å². The fourth-order valence-electron chi connectivity index (χ4n) is 1.71. The number of hydrogen-bond donors (Lipinski definition) is 2. The third-order valence-corrected chi connectivity index (χ3v) is 3.02. The van der Waals surface area contributed by atoms with E-state index in [0.29, 0.717) is 12.4 Å². The van der Waals surface area contributed by atoms with E-state index in [1.54, 1.807) is 13.3 Å². The quantitative estimate of drug-likeness (QED) is 0.761. The van der Waals surface area contributed by atoms with Gasteiger partial charge in [-0.3, -0.25) is 4.79 Å². The molecule has 0 aromatic carbocycles. The molecule has 1 aromatic rings. The summed E-state index contributed by atoms with van der Waals surface area (Å²) >= 11 is 0. The summed E-state index contributed by atoms with van der Waals surface area (Å²) in [6.45, 7) is 6.97. The summed E-state index contributed by atoms with van der Waals surface area (Å²) in [5, 5.41) is 19.3. The highest BCUT2D eigenvalue weighted by atomic mass is 16.4. The molecule has 0 aliphatic heterocycles. The van der Waals surface area contributed by atoms with E-state index in [0.717, 1.165) is 6.54 Å². The predicted molar refractivity (Wildman–Crippen MR) is 72.0 cm³/mol. The summed E-state index contributed by atoms with van der Waals surface area (Å²) in [7, 11) is 0. The minimum Gasteiger partial charge on any atom is -0.481 e. The SMILES string of the molecule is CCN(CC(C)C(=O)O)C(=O)NCc1nncn1CC. The van der Waals surface area contributed by atoms with E-state index in [2.05, 4.69) is 15.5 Å². The molecule has 0 aliphatic rings. The standard InChI is InChI=1S/C12H21N5O3/c1-4-16(7-9(3)11(18)19)12(20)13-6-10-15-14-8-17(10)5-2/h8-9H,4-7H2,1-3H3,(H,13,20)(H,18,19). The fraction of sp³-hybridized carbons (Fsp3) is 0.667. The minimum atomic E-state index is -0.915. The molecule has 0 saturated heterocycles. The highest BCUT2D eigenvalue weighted by Gasteiger charge is 2.19. The number of aliphatic carboxylic acids is 1. The van der Waals surface area contributed by atoms with Gasteiger partial charge in [-0.15, -0.1) is 10.2 Å². The van der Waals surface area contributed by atoms with E-state index in [4.69, 9.17) is 5.11 Å². The zero-order valence-electron chi connectivity index (χ0n) is 12.0. The smallest absolute Gasteiger partial charge is 0.317 e. The Morgan fingerprint density at radius 3 is 2.75 bits per heavy atom. The highest BCUT2D eigenvalue weighted by molar-refractivity contribution is 5.75. The molecule has 1 aromatic heterocycles. The summed E-state index contributed by atoms with van der Waals surface area (Å²) in [4.78, 5) is 24.3. The first-order valence-electron chi connectivity index (χ1n) is 6.61. The molecule has 0 aliphatic carbocycles. The van der Waals surface area contributed by atoms with Gasteiger partial charge in [0.1, 0.15) is 6.33 Å². The summed E-state index contributed by atoms with van der Waals surface area (Å²) in [6, 6.07) is -0.300. The number of rotatable bonds is 7. The van der Waals surface area contributed by atoms with Gasteiger partial charge in [-0.1, -0.05) is 6.92 Å². The third-order valence-electron chi connectivity index (χ3n) is 3.02. The average Bonchev–Trinajstić information content (AvgIpc) is 2.88. The molecule has 8 nitrogen and oxygen atoms in total. The molecule has 0 spiro atoms. The first-order chi connectivity index (χ1) is 9.49. The number of carbonyl (C=O) groups is 2. The second-order valence-electron chi connectivity index (χ2n) is 4.47. The van der Waals surface area contributed by atoms with E-state index in [9.17, 15) is 9.59 Å². The molecule has 2 N–H and O–H groups in total. The molecule has 0 fully saturated rings. The van der Waals surface area contributed by atoms with Crippen molar-refractivity contribution in [2.24, 2.45) is 5.92 Å². The van der Waals surface area contributed by atoms with E-state index in [-0.39, 0.29) is 19.1 Å². The lowest BCUT2D eigenvalue weighted by molar-refractivity contribution is -0.141. The van der Waals surface area contributed by atoms with Crippen LogP contribution in [0.3, 0.4) is 0 Å². The molecular formula is C12H21N5O3. The summed E-state index contributed by atoms with van der Waals surface area (Å²) in [5.74, 6) is -0.842. The number of carbonyl (C=O) groups excluding carboxylic acids is 1. The molecule has 0 radical (unpaired) electrons. The van der Waals surface area contributed by atoms with Gasteiger partial charge in [0.2, 0.25) is 0 Å². The number of urea groups is 1. The van der Waals surface area contributed by atoms with Gasteiger partial charge in [0.05, 0.1) is 12.5 Å². The topological polar surface area (TPSA) is 100 Å². The van der Waals surface area contributed by atoms with Crippen molar-refractivity contribution in [1.29, 1.82) is 0 Å². The Morgan fingerprint density at radius 1 is 1.50 bits per heavy atom. The number of nitrogens with one attached hydrogen (secondary N) is 1. The normalized spacial score (nSPS) is 11.9. The van der Waals surface area contributed by atoms with Gasteiger partial charge < -0.3 is 19.9 Å². The van der Waals surface area contributed by atoms with Crippen LogP contribution in [0, 0.1) is 5.92 Å². The largest absolute Gasteiger partial charge is 0.481 e. The maximum Gasteiger partial charge on any atom is 0.317 e. The number of hydrogen-bond acceptors (Lipinski definition) is 4. The fourth-order valence-corrected chi connectivity index (χ4v) is 1.71. The average molecular weight is 283 g/mol. The van der Waals surface area contributed by atoms with Gasteiger partial charge in [-0.05, 0) is 13.8 Å². The second kappa shape index (κ2) is 7.46. The molecule has 1 rings (SSSR count). The Kier molecular flexibility index (Phi) is 5.95. The minimum absolute atomic E-state index is 0.179. The summed E-state index contributed by atoms with van der Waals surface area (Å²) < 4.78 is 1.83. The van der Waals surface area contributed by atoms with Crippen molar-refractivity contribution in [2.45, 2.75) is 33.9 Å². The van der Waals surface area contributed by atoms with Gasteiger partial charge >= 0.3 is 12.0 Å². The number of amides is 2. The Balaban J connectivity index is 2.53. The van der Waals surface area contributed by atoms with Gasteiger partial charge in [0, 0.05) is 19.6 Å².